The zero-order chi connectivity index (χ0) is 14.5. The number of aromatic nitrogens is 1. The van der Waals surface area contributed by atoms with Crippen LogP contribution in [0.15, 0.2) is 24.4 Å². The molecule has 4 heteroatoms. The molecule has 0 unspecified atom stereocenters. The van der Waals surface area contributed by atoms with Gasteiger partial charge in [0.15, 0.2) is 0 Å². The third kappa shape index (κ3) is 3.79. The van der Waals surface area contributed by atoms with Gasteiger partial charge in [0.25, 0.3) is 0 Å². The largest absolute Gasteiger partial charge is 0.334 e. The van der Waals surface area contributed by atoms with Crippen LogP contribution in [0, 0.1) is 5.92 Å². The zero-order valence-corrected chi connectivity index (χ0v) is 12.5. The van der Waals surface area contributed by atoms with Crippen molar-refractivity contribution >= 4 is 5.91 Å². The average molecular weight is 275 g/mol. The van der Waals surface area contributed by atoms with Gasteiger partial charge < -0.3 is 10.6 Å². The molecule has 110 valence electrons. The summed E-state index contributed by atoms with van der Waals surface area (Å²) in [5.74, 6) is 0.401. The molecule has 0 radical (unpaired) electrons. The highest BCUT2D eigenvalue weighted by Gasteiger charge is 2.29. The Balaban J connectivity index is 2.03. The van der Waals surface area contributed by atoms with Gasteiger partial charge in [0.2, 0.25) is 5.91 Å². The van der Waals surface area contributed by atoms with Gasteiger partial charge in [-0.3, -0.25) is 9.78 Å². The first kappa shape index (κ1) is 15.0. The van der Waals surface area contributed by atoms with Gasteiger partial charge in [-0.05, 0) is 51.7 Å². The van der Waals surface area contributed by atoms with E-state index in [-0.39, 0.29) is 23.9 Å². The lowest BCUT2D eigenvalue weighted by Gasteiger charge is -2.33. The Morgan fingerprint density at radius 1 is 1.35 bits per heavy atom. The Bertz CT molecular complexity index is 425. The number of nitrogens with two attached hydrogens (primary N) is 1. The lowest BCUT2D eigenvalue weighted by atomic mass is 9.85. The summed E-state index contributed by atoms with van der Waals surface area (Å²) in [7, 11) is 0. The molecule has 0 bridgehead atoms. The standard InChI is InChI=1S/C16H25N3O/c1-12(2)19(11-15-5-3-4-10-18-15)16(20)13-6-8-14(17)9-7-13/h3-5,10,12-14H,6-9,11,17H2,1-2H3. The van der Waals surface area contributed by atoms with Crippen molar-refractivity contribution in [1.82, 2.24) is 9.88 Å². The molecule has 1 aliphatic carbocycles. The Labute approximate surface area is 121 Å². The highest BCUT2D eigenvalue weighted by molar-refractivity contribution is 5.79. The van der Waals surface area contributed by atoms with Crippen LogP contribution in [0.25, 0.3) is 0 Å². The van der Waals surface area contributed by atoms with Crippen LogP contribution in [0.5, 0.6) is 0 Å². The molecule has 0 aromatic carbocycles. The summed E-state index contributed by atoms with van der Waals surface area (Å²) in [5.41, 5.74) is 6.87. The summed E-state index contributed by atoms with van der Waals surface area (Å²) in [5, 5.41) is 0. The van der Waals surface area contributed by atoms with Crippen LogP contribution in [-0.4, -0.2) is 27.9 Å². The predicted molar refractivity (Wildman–Crippen MR) is 79.9 cm³/mol. The fourth-order valence-corrected chi connectivity index (χ4v) is 2.78. The van der Waals surface area contributed by atoms with Crippen molar-refractivity contribution < 1.29 is 4.79 Å². The second kappa shape index (κ2) is 6.84. The van der Waals surface area contributed by atoms with Crippen molar-refractivity contribution in [3.8, 4) is 0 Å². The Hall–Kier alpha value is -1.42. The van der Waals surface area contributed by atoms with Crippen LogP contribution in [0.4, 0.5) is 0 Å². The summed E-state index contributed by atoms with van der Waals surface area (Å²) in [4.78, 5) is 19.0. The molecule has 0 atom stereocenters. The fourth-order valence-electron chi connectivity index (χ4n) is 2.78. The number of pyridine rings is 1. The monoisotopic (exact) mass is 275 g/mol. The molecule has 0 saturated heterocycles. The summed E-state index contributed by atoms with van der Waals surface area (Å²) in [6.07, 6.45) is 5.55. The van der Waals surface area contributed by atoms with E-state index < -0.39 is 0 Å². The number of rotatable bonds is 4. The second-order valence-electron chi connectivity index (χ2n) is 5.99. The summed E-state index contributed by atoms with van der Waals surface area (Å²) < 4.78 is 0. The number of carbonyl (C=O) groups excluding carboxylic acids is 1. The van der Waals surface area contributed by atoms with Gasteiger partial charge in [-0.15, -0.1) is 0 Å². The molecule has 1 fully saturated rings. The van der Waals surface area contributed by atoms with Gasteiger partial charge >= 0.3 is 0 Å². The molecule has 0 spiro atoms. The Morgan fingerprint density at radius 2 is 2.05 bits per heavy atom. The van der Waals surface area contributed by atoms with E-state index in [9.17, 15) is 4.79 Å². The van der Waals surface area contributed by atoms with E-state index >= 15 is 0 Å². The molecule has 20 heavy (non-hydrogen) atoms. The van der Waals surface area contributed by atoms with Crippen molar-refractivity contribution in [2.75, 3.05) is 0 Å². The molecule has 1 aliphatic rings. The molecular weight excluding hydrogens is 250 g/mol. The Kier molecular flexibility index (Phi) is 5.12. The van der Waals surface area contributed by atoms with Crippen LogP contribution in [0.1, 0.15) is 45.2 Å². The average Bonchev–Trinajstić information content (AvgIpc) is 2.45. The third-order valence-corrected chi connectivity index (χ3v) is 4.09. The van der Waals surface area contributed by atoms with E-state index in [2.05, 4.69) is 18.8 Å². The maximum Gasteiger partial charge on any atom is 0.226 e. The lowest BCUT2D eigenvalue weighted by Crippen LogP contribution is -2.42. The summed E-state index contributed by atoms with van der Waals surface area (Å²) in [6.45, 7) is 4.73. The van der Waals surface area contributed by atoms with Gasteiger partial charge in [-0.25, -0.2) is 0 Å². The van der Waals surface area contributed by atoms with E-state index in [1.54, 1.807) is 6.20 Å². The minimum Gasteiger partial charge on any atom is -0.334 e. The first-order valence-corrected chi connectivity index (χ1v) is 7.54. The number of hydrogen-bond acceptors (Lipinski definition) is 3. The normalized spacial score (nSPS) is 22.8. The molecule has 1 heterocycles. The van der Waals surface area contributed by atoms with Crippen molar-refractivity contribution in [3.63, 3.8) is 0 Å². The zero-order valence-electron chi connectivity index (χ0n) is 12.5. The van der Waals surface area contributed by atoms with Crippen LogP contribution < -0.4 is 5.73 Å². The molecule has 1 aromatic rings. The summed E-state index contributed by atoms with van der Waals surface area (Å²) in [6, 6.07) is 6.31. The first-order chi connectivity index (χ1) is 9.58. The molecule has 0 aliphatic heterocycles. The van der Waals surface area contributed by atoms with Crippen LogP contribution >= 0.6 is 0 Å². The number of nitrogens with zero attached hydrogens (tertiary/aromatic N) is 2. The van der Waals surface area contributed by atoms with E-state index in [4.69, 9.17) is 5.73 Å². The minimum absolute atomic E-state index is 0.140. The van der Waals surface area contributed by atoms with Crippen LogP contribution in [-0.2, 0) is 11.3 Å². The van der Waals surface area contributed by atoms with Gasteiger partial charge in [0.1, 0.15) is 0 Å². The van der Waals surface area contributed by atoms with Gasteiger partial charge in [-0.1, -0.05) is 6.07 Å². The smallest absolute Gasteiger partial charge is 0.226 e. The van der Waals surface area contributed by atoms with Crippen molar-refractivity contribution in [3.05, 3.63) is 30.1 Å². The van der Waals surface area contributed by atoms with Crippen LogP contribution in [0.2, 0.25) is 0 Å². The number of amides is 1. The van der Waals surface area contributed by atoms with Crippen molar-refractivity contribution in [2.24, 2.45) is 11.7 Å². The van der Waals surface area contributed by atoms with E-state index in [0.717, 1.165) is 31.4 Å². The first-order valence-electron chi connectivity index (χ1n) is 7.54. The molecule has 2 N–H and O–H groups in total. The summed E-state index contributed by atoms with van der Waals surface area (Å²) >= 11 is 0. The number of carbonyl (C=O) groups is 1. The van der Waals surface area contributed by atoms with Crippen LogP contribution in [0.3, 0.4) is 0 Å². The SMILES string of the molecule is CC(C)N(Cc1ccccn1)C(=O)C1CCC(N)CC1. The fraction of sp³-hybridized carbons (Fsp3) is 0.625. The maximum absolute atomic E-state index is 12.7. The quantitative estimate of drug-likeness (QED) is 0.917. The molecule has 1 saturated carbocycles. The van der Waals surface area contributed by atoms with E-state index in [1.807, 2.05) is 23.1 Å². The van der Waals surface area contributed by atoms with Crippen molar-refractivity contribution in [2.45, 2.75) is 58.2 Å². The maximum atomic E-state index is 12.7. The molecular formula is C16H25N3O. The topological polar surface area (TPSA) is 59.2 Å². The lowest BCUT2D eigenvalue weighted by molar-refractivity contribution is -0.139. The predicted octanol–water partition coefficient (Wildman–Crippen LogP) is 2.34. The second-order valence-corrected chi connectivity index (χ2v) is 5.99. The molecule has 4 nitrogen and oxygen atoms in total. The Morgan fingerprint density at radius 3 is 2.60 bits per heavy atom. The molecule has 2 rings (SSSR count). The minimum atomic E-state index is 0.140. The molecule has 1 amide bonds. The van der Waals surface area contributed by atoms with E-state index in [1.165, 1.54) is 0 Å². The van der Waals surface area contributed by atoms with Gasteiger partial charge in [0.05, 0.1) is 12.2 Å². The molecule has 1 aromatic heterocycles. The van der Waals surface area contributed by atoms with Gasteiger partial charge in [-0.2, -0.15) is 0 Å². The highest BCUT2D eigenvalue weighted by atomic mass is 16.2. The third-order valence-electron chi connectivity index (χ3n) is 4.09. The van der Waals surface area contributed by atoms with Gasteiger partial charge in [0, 0.05) is 24.2 Å². The highest BCUT2D eigenvalue weighted by Crippen LogP contribution is 2.26. The van der Waals surface area contributed by atoms with E-state index in [0.29, 0.717) is 6.54 Å². The number of hydrogen-bond donors (Lipinski definition) is 1. The van der Waals surface area contributed by atoms with Crippen molar-refractivity contribution in [1.29, 1.82) is 0 Å².